The van der Waals surface area contributed by atoms with Crippen LogP contribution in [0.5, 0.6) is 0 Å². The minimum atomic E-state index is -1.25. The average molecular weight is 256 g/mol. The largest absolute Gasteiger partial charge is 0.444 e. The van der Waals surface area contributed by atoms with Gasteiger partial charge >= 0.3 is 6.09 Å². The summed E-state index contributed by atoms with van der Waals surface area (Å²) < 4.78 is 5.32. The van der Waals surface area contributed by atoms with Gasteiger partial charge in [0.1, 0.15) is 5.60 Å². The number of hydrogen-bond acceptors (Lipinski definition) is 5. The van der Waals surface area contributed by atoms with Crippen LogP contribution in [0.4, 0.5) is 4.79 Å². The molecule has 2 heterocycles. The van der Waals surface area contributed by atoms with E-state index in [1.54, 1.807) is 11.8 Å². The van der Waals surface area contributed by atoms with Crippen LogP contribution in [0.1, 0.15) is 34.1 Å². The molecule has 0 spiro atoms. The van der Waals surface area contributed by atoms with Crippen LogP contribution in [0.3, 0.4) is 0 Å². The van der Waals surface area contributed by atoms with E-state index in [0.29, 0.717) is 25.2 Å². The van der Waals surface area contributed by atoms with Crippen LogP contribution < -0.4 is 0 Å². The summed E-state index contributed by atoms with van der Waals surface area (Å²) in [6.45, 7) is 8.07. The topological polar surface area (TPSA) is 71.4 Å². The first kappa shape index (κ1) is 13.1. The predicted molar refractivity (Wildman–Crippen MR) is 65.1 cm³/mol. The first-order valence-corrected chi connectivity index (χ1v) is 6.14. The van der Waals surface area contributed by atoms with Crippen molar-refractivity contribution < 1.29 is 19.5 Å². The molecule has 0 bridgehead atoms. The SMILES string of the molecule is CC1=NOC2(O)CCN(C(=O)OC(C)(C)C)CC12. The third kappa shape index (κ3) is 2.43. The number of carbonyl (C=O) groups excluding carboxylic acids is 1. The van der Waals surface area contributed by atoms with E-state index >= 15 is 0 Å². The Bertz CT molecular complexity index is 388. The molecule has 1 amide bonds. The third-order valence-electron chi connectivity index (χ3n) is 3.19. The van der Waals surface area contributed by atoms with Crippen molar-refractivity contribution in [2.24, 2.45) is 11.1 Å². The number of rotatable bonds is 0. The zero-order chi connectivity index (χ0) is 13.6. The van der Waals surface area contributed by atoms with Crippen LogP contribution in [-0.4, -0.2) is 46.3 Å². The van der Waals surface area contributed by atoms with E-state index in [4.69, 9.17) is 9.57 Å². The molecule has 0 aliphatic carbocycles. The smallest absolute Gasteiger partial charge is 0.410 e. The number of amides is 1. The van der Waals surface area contributed by atoms with Crippen molar-refractivity contribution in [3.8, 4) is 0 Å². The fourth-order valence-electron chi connectivity index (χ4n) is 2.20. The van der Waals surface area contributed by atoms with Crippen molar-refractivity contribution >= 4 is 11.8 Å². The minimum Gasteiger partial charge on any atom is -0.444 e. The molecule has 1 fully saturated rings. The summed E-state index contributed by atoms with van der Waals surface area (Å²) in [7, 11) is 0. The summed E-state index contributed by atoms with van der Waals surface area (Å²) in [4.78, 5) is 18.6. The van der Waals surface area contributed by atoms with Gasteiger partial charge in [-0.1, -0.05) is 5.16 Å². The van der Waals surface area contributed by atoms with E-state index in [-0.39, 0.29) is 12.0 Å². The number of carbonyl (C=O) groups is 1. The molecule has 0 radical (unpaired) electrons. The van der Waals surface area contributed by atoms with Crippen molar-refractivity contribution in [3.05, 3.63) is 0 Å². The molecular formula is C12H20N2O4. The molecule has 2 rings (SSSR count). The molecule has 2 aliphatic rings. The van der Waals surface area contributed by atoms with Gasteiger partial charge in [-0.3, -0.25) is 0 Å². The maximum Gasteiger partial charge on any atom is 0.410 e. The second kappa shape index (κ2) is 4.12. The van der Waals surface area contributed by atoms with E-state index in [1.807, 2.05) is 20.8 Å². The summed E-state index contributed by atoms with van der Waals surface area (Å²) in [5, 5.41) is 14.0. The molecule has 18 heavy (non-hydrogen) atoms. The van der Waals surface area contributed by atoms with E-state index in [0.717, 1.165) is 0 Å². The standard InChI is InChI=1S/C12H20N2O4/c1-8-9-7-14(10(15)17-11(2,3)4)6-5-12(9,16)18-13-8/h9,16H,5-7H2,1-4H3. The molecule has 1 saturated heterocycles. The summed E-state index contributed by atoms with van der Waals surface area (Å²) >= 11 is 0. The van der Waals surface area contributed by atoms with Gasteiger partial charge in [0, 0.05) is 19.5 Å². The summed E-state index contributed by atoms with van der Waals surface area (Å²) in [5.74, 6) is -1.51. The zero-order valence-electron chi connectivity index (χ0n) is 11.3. The maximum atomic E-state index is 12.0. The van der Waals surface area contributed by atoms with Crippen molar-refractivity contribution in [2.45, 2.75) is 45.5 Å². The number of ether oxygens (including phenoxy) is 1. The van der Waals surface area contributed by atoms with Gasteiger partial charge in [-0.15, -0.1) is 0 Å². The van der Waals surface area contributed by atoms with Crippen molar-refractivity contribution in [3.63, 3.8) is 0 Å². The lowest BCUT2D eigenvalue weighted by atomic mass is 9.88. The summed E-state index contributed by atoms with van der Waals surface area (Å²) in [6, 6.07) is 0. The lowest BCUT2D eigenvalue weighted by molar-refractivity contribution is -0.226. The Morgan fingerprint density at radius 3 is 2.89 bits per heavy atom. The highest BCUT2D eigenvalue weighted by atomic mass is 16.7. The van der Waals surface area contributed by atoms with E-state index < -0.39 is 11.4 Å². The number of piperidine rings is 1. The van der Waals surface area contributed by atoms with Gasteiger partial charge < -0.3 is 19.6 Å². The highest BCUT2D eigenvalue weighted by molar-refractivity contribution is 5.86. The molecule has 2 unspecified atom stereocenters. The highest BCUT2D eigenvalue weighted by Crippen LogP contribution is 2.35. The van der Waals surface area contributed by atoms with Crippen LogP contribution >= 0.6 is 0 Å². The quantitative estimate of drug-likeness (QED) is 0.710. The van der Waals surface area contributed by atoms with Gasteiger partial charge in [-0.25, -0.2) is 4.79 Å². The second-order valence-corrected chi connectivity index (χ2v) is 5.90. The minimum absolute atomic E-state index is 0.265. The Hall–Kier alpha value is -1.30. The molecular weight excluding hydrogens is 236 g/mol. The lowest BCUT2D eigenvalue weighted by Crippen LogP contribution is -2.54. The molecule has 0 aromatic carbocycles. The van der Waals surface area contributed by atoms with Gasteiger partial charge in [-0.2, -0.15) is 0 Å². The average Bonchev–Trinajstić information content (AvgIpc) is 2.52. The molecule has 0 aromatic rings. The van der Waals surface area contributed by atoms with Crippen LogP contribution in [-0.2, 0) is 9.57 Å². The second-order valence-electron chi connectivity index (χ2n) is 5.90. The fraction of sp³-hybridized carbons (Fsp3) is 0.833. The number of fused-ring (bicyclic) bond motifs is 1. The Morgan fingerprint density at radius 1 is 1.61 bits per heavy atom. The van der Waals surface area contributed by atoms with Crippen LogP contribution in [0.25, 0.3) is 0 Å². The Morgan fingerprint density at radius 2 is 2.28 bits per heavy atom. The van der Waals surface area contributed by atoms with E-state index in [1.165, 1.54) is 0 Å². The molecule has 0 aromatic heterocycles. The summed E-state index contributed by atoms with van der Waals surface area (Å²) in [6.07, 6.45) is -0.0122. The van der Waals surface area contributed by atoms with E-state index in [9.17, 15) is 9.90 Å². The summed E-state index contributed by atoms with van der Waals surface area (Å²) in [5.41, 5.74) is 0.200. The van der Waals surface area contributed by atoms with Gasteiger partial charge in [-0.05, 0) is 27.7 Å². The van der Waals surface area contributed by atoms with E-state index in [2.05, 4.69) is 5.16 Å². The Kier molecular flexibility index (Phi) is 3.01. The molecule has 102 valence electrons. The monoisotopic (exact) mass is 256 g/mol. The molecule has 6 nitrogen and oxygen atoms in total. The molecule has 6 heteroatoms. The number of likely N-dealkylation sites (tertiary alicyclic amines) is 1. The molecule has 2 aliphatic heterocycles. The first-order chi connectivity index (χ1) is 8.21. The lowest BCUT2D eigenvalue weighted by Gasteiger charge is -2.38. The maximum absolute atomic E-state index is 12.0. The fourth-order valence-corrected chi connectivity index (χ4v) is 2.20. The highest BCUT2D eigenvalue weighted by Gasteiger charge is 2.50. The van der Waals surface area contributed by atoms with Gasteiger partial charge in [0.2, 0.25) is 5.79 Å². The van der Waals surface area contributed by atoms with Gasteiger partial charge in [0.25, 0.3) is 0 Å². The number of nitrogens with zero attached hydrogens (tertiary/aromatic N) is 2. The van der Waals surface area contributed by atoms with Crippen LogP contribution in [0, 0.1) is 5.92 Å². The van der Waals surface area contributed by atoms with Crippen LogP contribution in [0.15, 0.2) is 5.16 Å². The third-order valence-corrected chi connectivity index (χ3v) is 3.19. The normalized spacial score (nSPS) is 31.5. The Balaban J connectivity index is 2.02. The van der Waals surface area contributed by atoms with Crippen molar-refractivity contribution in [1.29, 1.82) is 0 Å². The van der Waals surface area contributed by atoms with Gasteiger partial charge in [0.05, 0.1) is 11.6 Å². The van der Waals surface area contributed by atoms with Gasteiger partial charge in [0.15, 0.2) is 0 Å². The zero-order valence-corrected chi connectivity index (χ0v) is 11.3. The molecule has 0 saturated carbocycles. The van der Waals surface area contributed by atoms with Crippen molar-refractivity contribution in [1.82, 2.24) is 4.90 Å². The number of oxime groups is 1. The molecule has 1 N–H and O–H groups in total. The number of aliphatic hydroxyl groups is 1. The Labute approximate surface area is 107 Å². The number of hydrogen-bond donors (Lipinski definition) is 1. The molecule has 2 atom stereocenters. The predicted octanol–water partition coefficient (Wildman–Crippen LogP) is 1.34. The van der Waals surface area contributed by atoms with Crippen molar-refractivity contribution in [2.75, 3.05) is 13.1 Å². The first-order valence-electron chi connectivity index (χ1n) is 6.14. The van der Waals surface area contributed by atoms with Crippen LogP contribution in [0.2, 0.25) is 0 Å².